The molecule has 1 aliphatic rings. The topological polar surface area (TPSA) is 15.3 Å². The van der Waals surface area contributed by atoms with Crippen molar-refractivity contribution in [2.75, 3.05) is 13.6 Å². The molecule has 0 saturated heterocycles. The maximum Gasteiger partial charge on any atom is 0.0451 e. The molecule has 2 rings (SSSR count). The fourth-order valence-electron chi connectivity index (χ4n) is 2.43. The van der Waals surface area contributed by atoms with Gasteiger partial charge in [-0.05, 0) is 37.9 Å². The van der Waals surface area contributed by atoms with Crippen LogP contribution in [-0.4, -0.2) is 30.6 Å². The summed E-state index contributed by atoms with van der Waals surface area (Å²) in [5.41, 5.74) is 1.22. The Morgan fingerprint density at radius 1 is 1.37 bits per heavy atom. The van der Waals surface area contributed by atoms with E-state index < -0.39 is 0 Å². The molecule has 3 heteroatoms. The third-order valence-electron chi connectivity index (χ3n) is 3.84. The lowest BCUT2D eigenvalue weighted by molar-refractivity contribution is 0.214. The molecule has 19 heavy (non-hydrogen) atoms. The zero-order valence-electron chi connectivity index (χ0n) is 12.0. The van der Waals surface area contributed by atoms with Gasteiger partial charge in [0.1, 0.15) is 0 Å². The van der Waals surface area contributed by atoms with E-state index in [9.17, 15) is 0 Å². The zero-order chi connectivity index (χ0) is 13.7. The first-order valence-corrected chi connectivity index (χ1v) is 7.75. The summed E-state index contributed by atoms with van der Waals surface area (Å²) in [5, 5.41) is 4.52. The van der Waals surface area contributed by atoms with E-state index in [-0.39, 0.29) is 0 Å². The first kappa shape index (κ1) is 14.8. The van der Waals surface area contributed by atoms with E-state index in [0.29, 0.717) is 6.04 Å². The number of nitrogens with one attached hydrogen (secondary N) is 1. The average molecular weight is 281 g/mol. The van der Waals surface area contributed by atoms with Gasteiger partial charge in [0.25, 0.3) is 0 Å². The Hall–Kier alpha value is -0.570. The van der Waals surface area contributed by atoms with Crippen LogP contribution in [0.25, 0.3) is 0 Å². The van der Waals surface area contributed by atoms with E-state index >= 15 is 0 Å². The summed E-state index contributed by atoms with van der Waals surface area (Å²) in [6.07, 6.45) is 5.17. The van der Waals surface area contributed by atoms with Gasteiger partial charge in [0, 0.05) is 30.2 Å². The maximum absolute atomic E-state index is 6.25. The molecule has 0 amide bonds. The number of likely N-dealkylation sites (N-methyl/N-ethyl adjacent to an activating group) is 1. The van der Waals surface area contributed by atoms with Gasteiger partial charge in [-0.2, -0.15) is 0 Å². The highest BCUT2D eigenvalue weighted by molar-refractivity contribution is 6.31. The number of hydrogen-bond donors (Lipinski definition) is 1. The van der Waals surface area contributed by atoms with Gasteiger partial charge in [0.2, 0.25) is 0 Å². The minimum Gasteiger partial charge on any atom is -0.312 e. The molecule has 0 aromatic heterocycles. The van der Waals surface area contributed by atoms with Crippen molar-refractivity contribution in [3.8, 4) is 0 Å². The SMILES string of the molecule is CCCC(CNC1CC1)N(C)Cc1ccccc1Cl. The molecule has 0 radical (unpaired) electrons. The van der Waals surface area contributed by atoms with Crippen LogP contribution in [0.1, 0.15) is 38.2 Å². The summed E-state index contributed by atoms with van der Waals surface area (Å²) >= 11 is 6.25. The Bertz CT molecular complexity index is 390. The highest BCUT2D eigenvalue weighted by Gasteiger charge is 2.23. The highest BCUT2D eigenvalue weighted by atomic mass is 35.5. The van der Waals surface area contributed by atoms with E-state index in [1.165, 1.54) is 31.2 Å². The average Bonchev–Trinajstić information content (AvgIpc) is 3.21. The molecule has 1 N–H and O–H groups in total. The van der Waals surface area contributed by atoms with Crippen molar-refractivity contribution >= 4 is 11.6 Å². The molecule has 1 saturated carbocycles. The molecule has 0 aliphatic heterocycles. The van der Waals surface area contributed by atoms with Gasteiger partial charge in [-0.1, -0.05) is 43.1 Å². The Morgan fingerprint density at radius 3 is 2.74 bits per heavy atom. The lowest BCUT2D eigenvalue weighted by Gasteiger charge is -2.28. The van der Waals surface area contributed by atoms with Crippen LogP contribution in [0.15, 0.2) is 24.3 Å². The normalized spacial score (nSPS) is 16.8. The first-order valence-electron chi connectivity index (χ1n) is 7.37. The Kier molecular flexibility index (Phi) is 5.68. The molecule has 1 aliphatic carbocycles. The standard InChI is InChI=1S/C16H25ClN2/c1-3-6-15(11-18-14-9-10-14)19(2)12-13-7-4-5-8-16(13)17/h4-5,7-8,14-15,18H,3,6,9-12H2,1-2H3. The molecular formula is C16H25ClN2. The summed E-state index contributed by atoms with van der Waals surface area (Å²) in [4.78, 5) is 2.43. The van der Waals surface area contributed by atoms with Crippen molar-refractivity contribution in [3.05, 3.63) is 34.9 Å². The van der Waals surface area contributed by atoms with Gasteiger partial charge in [0.05, 0.1) is 0 Å². The smallest absolute Gasteiger partial charge is 0.0451 e. The minimum absolute atomic E-state index is 0.599. The molecule has 1 aromatic carbocycles. The van der Waals surface area contributed by atoms with Gasteiger partial charge in [-0.15, -0.1) is 0 Å². The number of nitrogens with zero attached hydrogens (tertiary/aromatic N) is 1. The summed E-state index contributed by atoms with van der Waals surface area (Å²) in [6.45, 7) is 4.28. The maximum atomic E-state index is 6.25. The largest absolute Gasteiger partial charge is 0.312 e. The van der Waals surface area contributed by atoms with E-state index in [1.54, 1.807) is 0 Å². The van der Waals surface area contributed by atoms with Crippen LogP contribution in [-0.2, 0) is 6.54 Å². The van der Waals surface area contributed by atoms with Gasteiger partial charge < -0.3 is 5.32 Å². The summed E-state index contributed by atoms with van der Waals surface area (Å²) < 4.78 is 0. The van der Waals surface area contributed by atoms with Crippen LogP contribution in [0.2, 0.25) is 5.02 Å². The highest BCUT2D eigenvalue weighted by Crippen LogP contribution is 2.21. The van der Waals surface area contributed by atoms with E-state index in [1.807, 2.05) is 12.1 Å². The van der Waals surface area contributed by atoms with Crippen molar-refractivity contribution in [1.29, 1.82) is 0 Å². The van der Waals surface area contributed by atoms with Gasteiger partial charge >= 0.3 is 0 Å². The van der Waals surface area contributed by atoms with Crippen molar-refractivity contribution < 1.29 is 0 Å². The quantitative estimate of drug-likeness (QED) is 0.781. The summed E-state index contributed by atoms with van der Waals surface area (Å²) in [6, 6.07) is 9.53. The second kappa shape index (κ2) is 7.28. The summed E-state index contributed by atoms with van der Waals surface area (Å²) in [7, 11) is 2.21. The van der Waals surface area contributed by atoms with Crippen LogP contribution in [0.5, 0.6) is 0 Å². The third kappa shape index (κ3) is 4.79. The minimum atomic E-state index is 0.599. The van der Waals surface area contributed by atoms with Crippen molar-refractivity contribution in [1.82, 2.24) is 10.2 Å². The molecule has 1 atom stereocenters. The molecule has 1 unspecified atom stereocenters. The van der Waals surface area contributed by atoms with E-state index in [0.717, 1.165) is 24.2 Å². The van der Waals surface area contributed by atoms with Crippen LogP contribution >= 0.6 is 11.6 Å². The zero-order valence-corrected chi connectivity index (χ0v) is 12.8. The van der Waals surface area contributed by atoms with Gasteiger partial charge in [-0.25, -0.2) is 0 Å². The van der Waals surface area contributed by atoms with Crippen LogP contribution in [0, 0.1) is 0 Å². The van der Waals surface area contributed by atoms with E-state index in [2.05, 4.69) is 36.3 Å². The van der Waals surface area contributed by atoms with Crippen molar-refractivity contribution in [2.24, 2.45) is 0 Å². The predicted octanol–water partition coefficient (Wildman–Crippen LogP) is 3.69. The monoisotopic (exact) mass is 280 g/mol. The fraction of sp³-hybridized carbons (Fsp3) is 0.625. The van der Waals surface area contributed by atoms with Crippen LogP contribution < -0.4 is 5.32 Å². The van der Waals surface area contributed by atoms with Crippen molar-refractivity contribution in [3.63, 3.8) is 0 Å². The van der Waals surface area contributed by atoms with Crippen LogP contribution in [0.3, 0.4) is 0 Å². The number of benzene rings is 1. The third-order valence-corrected chi connectivity index (χ3v) is 4.21. The second-order valence-electron chi connectivity index (χ2n) is 5.63. The van der Waals surface area contributed by atoms with E-state index in [4.69, 9.17) is 11.6 Å². The molecule has 0 spiro atoms. The molecular weight excluding hydrogens is 256 g/mol. The second-order valence-corrected chi connectivity index (χ2v) is 6.04. The number of halogens is 1. The van der Waals surface area contributed by atoms with Crippen LogP contribution in [0.4, 0.5) is 0 Å². The van der Waals surface area contributed by atoms with Crippen molar-refractivity contribution in [2.45, 2.75) is 51.2 Å². The van der Waals surface area contributed by atoms with Gasteiger partial charge in [-0.3, -0.25) is 4.90 Å². The predicted molar refractivity (Wildman–Crippen MR) is 82.6 cm³/mol. The Morgan fingerprint density at radius 2 is 2.11 bits per heavy atom. The Balaban J connectivity index is 1.89. The molecule has 1 aromatic rings. The fourth-order valence-corrected chi connectivity index (χ4v) is 2.62. The number of rotatable bonds is 8. The number of hydrogen-bond acceptors (Lipinski definition) is 2. The molecule has 106 valence electrons. The van der Waals surface area contributed by atoms with Gasteiger partial charge in [0.15, 0.2) is 0 Å². The lowest BCUT2D eigenvalue weighted by atomic mass is 10.1. The Labute approximate surface area is 122 Å². The molecule has 2 nitrogen and oxygen atoms in total. The molecule has 0 heterocycles. The lowest BCUT2D eigenvalue weighted by Crippen LogP contribution is -2.40. The molecule has 1 fully saturated rings. The summed E-state index contributed by atoms with van der Waals surface area (Å²) in [5.74, 6) is 0. The molecule has 0 bridgehead atoms. The first-order chi connectivity index (χ1) is 9.20.